The lowest BCUT2D eigenvalue weighted by atomic mass is 10.2. The van der Waals surface area contributed by atoms with E-state index >= 15 is 0 Å². The highest BCUT2D eigenvalue weighted by atomic mass is 79.9. The molecule has 0 aliphatic rings. The lowest BCUT2D eigenvalue weighted by Gasteiger charge is -2.08. The van der Waals surface area contributed by atoms with Crippen molar-refractivity contribution < 1.29 is 0 Å². The number of thiocarbonyl (C=S) groups is 1. The molecule has 0 unspecified atom stereocenters. The second kappa shape index (κ2) is 7.66. The summed E-state index contributed by atoms with van der Waals surface area (Å²) in [5.41, 5.74) is 2.06. The van der Waals surface area contributed by atoms with E-state index in [1.54, 1.807) is 17.8 Å². The lowest BCUT2D eigenvalue weighted by molar-refractivity contribution is 1.42. The van der Waals surface area contributed by atoms with Gasteiger partial charge in [-0.2, -0.15) is 0 Å². The van der Waals surface area contributed by atoms with E-state index in [-0.39, 0.29) is 0 Å². The van der Waals surface area contributed by atoms with Crippen LogP contribution >= 0.6 is 63.1 Å². The highest BCUT2D eigenvalue weighted by molar-refractivity contribution is 9.10. The Hall–Kier alpha value is -0.260. The summed E-state index contributed by atoms with van der Waals surface area (Å²) in [7, 11) is 0. The first-order valence-corrected chi connectivity index (χ1v) is 8.62. The van der Waals surface area contributed by atoms with Crippen LogP contribution in [0.15, 0.2) is 46.9 Å². The molecule has 1 nitrogen and oxygen atoms in total. The van der Waals surface area contributed by atoms with Crippen LogP contribution in [0.25, 0.3) is 0 Å². The molecule has 0 heterocycles. The van der Waals surface area contributed by atoms with Crippen molar-refractivity contribution in [3.05, 3.63) is 62.5 Å². The first-order valence-electron chi connectivity index (χ1n) is 5.68. The van der Waals surface area contributed by atoms with Crippen LogP contribution in [-0.2, 0) is 5.75 Å². The Kier molecular flexibility index (Phi) is 6.18. The van der Waals surface area contributed by atoms with E-state index in [2.05, 4.69) is 21.2 Å². The monoisotopic (exact) mass is 405 g/mol. The lowest BCUT2D eigenvalue weighted by Crippen LogP contribution is -2.04. The second-order valence-electron chi connectivity index (χ2n) is 3.96. The molecule has 20 heavy (non-hydrogen) atoms. The van der Waals surface area contributed by atoms with Crippen molar-refractivity contribution >= 4 is 73.1 Å². The molecule has 0 saturated heterocycles. The van der Waals surface area contributed by atoms with Gasteiger partial charge in [0.1, 0.15) is 4.32 Å². The predicted octanol–water partition coefficient (Wildman–Crippen LogP) is 6.39. The summed E-state index contributed by atoms with van der Waals surface area (Å²) in [5, 5.41) is 4.31. The molecule has 0 bridgehead atoms. The second-order valence-corrected chi connectivity index (χ2v) is 7.34. The molecule has 0 aliphatic heterocycles. The van der Waals surface area contributed by atoms with Crippen LogP contribution in [0.4, 0.5) is 5.69 Å². The van der Waals surface area contributed by atoms with Crippen LogP contribution in [-0.4, -0.2) is 4.32 Å². The summed E-state index contributed by atoms with van der Waals surface area (Å²) >= 11 is 22.1. The molecule has 0 aliphatic carbocycles. The highest BCUT2D eigenvalue weighted by Crippen LogP contribution is 2.25. The van der Waals surface area contributed by atoms with Crippen molar-refractivity contribution in [1.82, 2.24) is 0 Å². The number of thioether (sulfide) groups is 1. The minimum atomic E-state index is 0.566. The number of benzene rings is 2. The molecule has 2 aromatic carbocycles. The molecule has 0 saturated carbocycles. The van der Waals surface area contributed by atoms with E-state index in [4.69, 9.17) is 35.4 Å². The molecule has 0 amide bonds. The van der Waals surface area contributed by atoms with Crippen molar-refractivity contribution in [2.24, 2.45) is 0 Å². The number of hydrogen-bond donors (Lipinski definition) is 1. The maximum absolute atomic E-state index is 5.98. The summed E-state index contributed by atoms with van der Waals surface area (Å²) < 4.78 is 1.76. The van der Waals surface area contributed by atoms with Gasteiger partial charge < -0.3 is 5.32 Å². The maximum Gasteiger partial charge on any atom is 0.138 e. The van der Waals surface area contributed by atoms with Crippen LogP contribution < -0.4 is 5.32 Å². The Labute approximate surface area is 146 Å². The average molecular weight is 407 g/mol. The smallest absolute Gasteiger partial charge is 0.138 e. The highest BCUT2D eigenvalue weighted by Gasteiger charge is 2.03. The predicted molar refractivity (Wildman–Crippen MR) is 98.1 cm³/mol. The Morgan fingerprint density at radius 3 is 2.45 bits per heavy atom. The van der Waals surface area contributed by atoms with Crippen LogP contribution in [0.5, 0.6) is 0 Å². The summed E-state index contributed by atoms with van der Waals surface area (Å²) in [6.45, 7) is 0. The summed E-state index contributed by atoms with van der Waals surface area (Å²) in [5.74, 6) is 0.749. The van der Waals surface area contributed by atoms with Gasteiger partial charge in [-0.05, 0) is 42.0 Å². The van der Waals surface area contributed by atoms with Crippen molar-refractivity contribution in [3.8, 4) is 0 Å². The number of anilines is 1. The fraction of sp³-hybridized carbons (Fsp3) is 0.0714. The zero-order valence-electron chi connectivity index (χ0n) is 10.2. The fourth-order valence-corrected chi connectivity index (χ4v) is 3.01. The van der Waals surface area contributed by atoms with Gasteiger partial charge in [0, 0.05) is 15.9 Å². The summed E-state index contributed by atoms with van der Waals surface area (Å²) in [6.07, 6.45) is 0. The van der Waals surface area contributed by atoms with Gasteiger partial charge in [0.2, 0.25) is 0 Å². The summed E-state index contributed by atoms with van der Waals surface area (Å²) in [4.78, 5) is 0. The quantitative estimate of drug-likeness (QED) is 0.593. The van der Waals surface area contributed by atoms with Crippen molar-refractivity contribution in [2.45, 2.75) is 5.75 Å². The zero-order chi connectivity index (χ0) is 14.5. The van der Waals surface area contributed by atoms with Gasteiger partial charge in [0.05, 0.1) is 10.0 Å². The van der Waals surface area contributed by atoms with Crippen LogP contribution in [0, 0.1) is 0 Å². The van der Waals surface area contributed by atoms with E-state index in [0.717, 1.165) is 25.8 Å². The van der Waals surface area contributed by atoms with Crippen molar-refractivity contribution in [2.75, 3.05) is 5.32 Å². The normalized spacial score (nSPS) is 10.3. The van der Waals surface area contributed by atoms with Gasteiger partial charge in [-0.1, -0.05) is 69.2 Å². The van der Waals surface area contributed by atoms with E-state index in [1.807, 2.05) is 36.4 Å². The molecule has 0 radical (unpaired) electrons. The topological polar surface area (TPSA) is 12.0 Å². The number of rotatable bonds is 3. The number of nitrogens with one attached hydrogen (secondary N) is 1. The first kappa shape index (κ1) is 16.1. The number of hydrogen-bond acceptors (Lipinski definition) is 2. The average Bonchev–Trinajstić information content (AvgIpc) is 2.43. The molecule has 1 N–H and O–H groups in total. The Morgan fingerprint density at radius 2 is 1.80 bits per heavy atom. The molecule has 0 aromatic heterocycles. The third-order valence-electron chi connectivity index (χ3n) is 2.44. The van der Waals surface area contributed by atoms with Crippen molar-refractivity contribution in [3.63, 3.8) is 0 Å². The molecule has 0 atom stereocenters. The van der Waals surface area contributed by atoms with E-state index < -0.39 is 0 Å². The molecule has 2 aromatic rings. The Balaban J connectivity index is 1.88. The Bertz CT molecular complexity index is 617. The van der Waals surface area contributed by atoms with Crippen LogP contribution in [0.3, 0.4) is 0 Å². The summed E-state index contributed by atoms with van der Waals surface area (Å²) in [6, 6.07) is 13.5. The molecule has 0 fully saturated rings. The minimum Gasteiger partial charge on any atom is -0.341 e. The largest absolute Gasteiger partial charge is 0.341 e. The van der Waals surface area contributed by atoms with Gasteiger partial charge in [-0.15, -0.1) is 0 Å². The van der Waals surface area contributed by atoms with E-state index in [0.29, 0.717) is 10.0 Å². The molecular weight excluding hydrogens is 397 g/mol. The van der Waals surface area contributed by atoms with Crippen LogP contribution in [0.2, 0.25) is 10.0 Å². The fourth-order valence-electron chi connectivity index (χ4n) is 1.47. The number of halogens is 3. The third-order valence-corrected chi connectivity index (χ3v) is 5.01. The van der Waals surface area contributed by atoms with Gasteiger partial charge in [0.15, 0.2) is 0 Å². The van der Waals surface area contributed by atoms with E-state index in [9.17, 15) is 0 Å². The maximum atomic E-state index is 5.98. The molecule has 0 spiro atoms. The van der Waals surface area contributed by atoms with Gasteiger partial charge in [-0.3, -0.25) is 0 Å². The van der Waals surface area contributed by atoms with Crippen molar-refractivity contribution in [1.29, 1.82) is 0 Å². The third kappa shape index (κ3) is 4.93. The first-order chi connectivity index (χ1) is 9.54. The molecule has 104 valence electrons. The van der Waals surface area contributed by atoms with Gasteiger partial charge >= 0.3 is 0 Å². The van der Waals surface area contributed by atoms with Crippen LogP contribution in [0.1, 0.15) is 5.56 Å². The zero-order valence-corrected chi connectivity index (χ0v) is 14.9. The molecule has 6 heteroatoms. The SMILES string of the molecule is S=C(Nc1ccc(Br)cc1)SCc1ccc(Cl)c(Cl)c1. The molecule has 2 rings (SSSR count). The van der Waals surface area contributed by atoms with Gasteiger partial charge in [-0.25, -0.2) is 0 Å². The Morgan fingerprint density at radius 1 is 1.10 bits per heavy atom. The van der Waals surface area contributed by atoms with Gasteiger partial charge in [0.25, 0.3) is 0 Å². The standard InChI is InChI=1S/C14H10BrCl2NS2/c15-10-2-4-11(5-3-10)18-14(19)20-8-9-1-6-12(16)13(17)7-9/h1-7H,8H2,(H,18,19). The van der Waals surface area contributed by atoms with E-state index in [1.165, 1.54) is 0 Å². The molecular formula is C14H10BrCl2NS2. The minimum absolute atomic E-state index is 0.566.